The molecule has 1 aromatic carbocycles. The molecule has 0 fully saturated rings. The SMILES string of the molecule is Cl.O=C(O)c1ccc(CCCBr)cc1. The van der Waals surface area contributed by atoms with Crippen LogP contribution in [-0.4, -0.2) is 16.4 Å². The molecular formula is C10H12BrClO2. The highest BCUT2D eigenvalue weighted by atomic mass is 79.9. The molecule has 0 aliphatic heterocycles. The van der Waals surface area contributed by atoms with Crippen LogP contribution in [0.4, 0.5) is 0 Å². The topological polar surface area (TPSA) is 37.3 Å². The molecule has 2 nitrogen and oxygen atoms in total. The molecule has 0 heterocycles. The first kappa shape index (κ1) is 13.5. The third-order valence-corrected chi connectivity index (χ3v) is 2.36. The largest absolute Gasteiger partial charge is 0.478 e. The summed E-state index contributed by atoms with van der Waals surface area (Å²) in [5.41, 5.74) is 1.53. The monoisotopic (exact) mass is 278 g/mol. The maximum Gasteiger partial charge on any atom is 0.335 e. The maximum atomic E-state index is 10.5. The molecule has 0 atom stereocenters. The zero-order valence-corrected chi connectivity index (χ0v) is 9.97. The lowest BCUT2D eigenvalue weighted by molar-refractivity contribution is 0.0697. The van der Waals surface area contributed by atoms with E-state index in [2.05, 4.69) is 15.9 Å². The first-order valence-electron chi connectivity index (χ1n) is 4.12. The Labute approximate surface area is 97.9 Å². The van der Waals surface area contributed by atoms with Crippen LogP contribution >= 0.6 is 28.3 Å². The van der Waals surface area contributed by atoms with Gasteiger partial charge in [0.1, 0.15) is 0 Å². The average molecular weight is 280 g/mol. The number of carboxylic acids is 1. The lowest BCUT2D eigenvalue weighted by atomic mass is 10.1. The summed E-state index contributed by atoms with van der Waals surface area (Å²) in [6.45, 7) is 0. The van der Waals surface area contributed by atoms with Crippen LogP contribution in [0.3, 0.4) is 0 Å². The van der Waals surface area contributed by atoms with Crippen molar-refractivity contribution in [3.05, 3.63) is 35.4 Å². The molecule has 78 valence electrons. The fourth-order valence-electron chi connectivity index (χ4n) is 1.08. The number of carbonyl (C=O) groups is 1. The van der Waals surface area contributed by atoms with Crippen molar-refractivity contribution in [2.24, 2.45) is 0 Å². The van der Waals surface area contributed by atoms with Crippen LogP contribution < -0.4 is 0 Å². The van der Waals surface area contributed by atoms with Crippen LogP contribution in [0.25, 0.3) is 0 Å². The van der Waals surface area contributed by atoms with Crippen molar-refractivity contribution in [3.8, 4) is 0 Å². The van der Waals surface area contributed by atoms with Crippen LogP contribution in [0.5, 0.6) is 0 Å². The number of halogens is 2. The number of alkyl halides is 1. The second kappa shape index (κ2) is 6.85. The number of hydrogen-bond acceptors (Lipinski definition) is 1. The summed E-state index contributed by atoms with van der Waals surface area (Å²) in [5, 5.41) is 9.62. The molecule has 0 aliphatic rings. The summed E-state index contributed by atoms with van der Waals surface area (Å²) in [4.78, 5) is 10.5. The molecule has 1 N–H and O–H groups in total. The summed E-state index contributed by atoms with van der Waals surface area (Å²) >= 11 is 3.35. The number of aryl methyl sites for hydroxylation is 1. The predicted molar refractivity (Wildman–Crippen MR) is 62.8 cm³/mol. The smallest absolute Gasteiger partial charge is 0.335 e. The van der Waals surface area contributed by atoms with Crippen molar-refractivity contribution in [1.29, 1.82) is 0 Å². The maximum absolute atomic E-state index is 10.5. The highest BCUT2D eigenvalue weighted by Gasteiger charge is 2.00. The van der Waals surface area contributed by atoms with E-state index >= 15 is 0 Å². The van der Waals surface area contributed by atoms with Crippen molar-refractivity contribution in [2.75, 3.05) is 5.33 Å². The second-order valence-electron chi connectivity index (χ2n) is 2.79. The number of benzene rings is 1. The zero-order chi connectivity index (χ0) is 9.68. The summed E-state index contributed by atoms with van der Waals surface area (Å²) in [7, 11) is 0. The first-order chi connectivity index (χ1) is 6.24. The van der Waals surface area contributed by atoms with Gasteiger partial charge >= 0.3 is 5.97 Å². The molecule has 14 heavy (non-hydrogen) atoms. The molecule has 0 unspecified atom stereocenters. The molecule has 0 spiro atoms. The van der Waals surface area contributed by atoms with Gasteiger partial charge in [0.05, 0.1) is 5.56 Å². The Bertz CT molecular complexity index is 285. The third-order valence-electron chi connectivity index (χ3n) is 1.80. The summed E-state index contributed by atoms with van der Waals surface area (Å²) in [6, 6.07) is 7.02. The van der Waals surface area contributed by atoms with Gasteiger partial charge in [0.15, 0.2) is 0 Å². The van der Waals surface area contributed by atoms with Crippen LogP contribution in [0, 0.1) is 0 Å². The highest BCUT2D eigenvalue weighted by molar-refractivity contribution is 9.09. The van der Waals surface area contributed by atoms with Gasteiger partial charge < -0.3 is 5.11 Å². The Morgan fingerprint density at radius 3 is 2.29 bits per heavy atom. The van der Waals surface area contributed by atoms with E-state index in [-0.39, 0.29) is 12.4 Å². The molecule has 0 bridgehead atoms. The average Bonchev–Trinajstić information content (AvgIpc) is 2.15. The molecule has 1 rings (SSSR count). The van der Waals surface area contributed by atoms with Gasteiger partial charge in [-0.1, -0.05) is 28.1 Å². The second-order valence-corrected chi connectivity index (χ2v) is 3.59. The third kappa shape index (κ3) is 4.11. The zero-order valence-electron chi connectivity index (χ0n) is 7.57. The Morgan fingerprint density at radius 1 is 1.29 bits per heavy atom. The van der Waals surface area contributed by atoms with Crippen molar-refractivity contribution in [1.82, 2.24) is 0 Å². The lowest BCUT2D eigenvalue weighted by Crippen LogP contribution is -1.96. The fourth-order valence-corrected chi connectivity index (χ4v) is 1.37. The van der Waals surface area contributed by atoms with E-state index in [1.807, 2.05) is 12.1 Å². The molecule has 0 radical (unpaired) electrons. The van der Waals surface area contributed by atoms with Crippen molar-refractivity contribution >= 4 is 34.3 Å². The van der Waals surface area contributed by atoms with Gasteiger partial charge in [-0.05, 0) is 30.5 Å². The highest BCUT2D eigenvalue weighted by Crippen LogP contribution is 2.07. The van der Waals surface area contributed by atoms with E-state index in [0.717, 1.165) is 18.2 Å². The van der Waals surface area contributed by atoms with Crippen LogP contribution in [0.1, 0.15) is 22.3 Å². The molecule has 1 aromatic rings. The number of hydrogen-bond donors (Lipinski definition) is 1. The minimum atomic E-state index is -0.868. The molecule has 0 aliphatic carbocycles. The van der Waals surface area contributed by atoms with Crippen LogP contribution in [0.2, 0.25) is 0 Å². The Hall–Kier alpha value is -0.540. The fraction of sp³-hybridized carbons (Fsp3) is 0.300. The van der Waals surface area contributed by atoms with E-state index in [1.54, 1.807) is 12.1 Å². The first-order valence-corrected chi connectivity index (χ1v) is 5.24. The van der Waals surface area contributed by atoms with Gasteiger partial charge in [0.2, 0.25) is 0 Å². The molecule has 0 saturated carbocycles. The predicted octanol–water partition coefficient (Wildman–Crippen LogP) is 3.13. The van der Waals surface area contributed by atoms with Gasteiger partial charge in [-0.25, -0.2) is 4.79 Å². The molecule has 0 saturated heterocycles. The van der Waals surface area contributed by atoms with E-state index < -0.39 is 5.97 Å². The minimum Gasteiger partial charge on any atom is -0.478 e. The van der Waals surface area contributed by atoms with E-state index in [1.165, 1.54) is 5.56 Å². The van der Waals surface area contributed by atoms with Crippen LogP contribution in [0.15, 0.2) is 24.3 Å². The standard InChI is InChI=1S/C10H11BrO2.ClH/c11-7-1-2-8-3-5-9(6-4-8)10(12)13;/h3-6H,1-2,7H2,(H,12,13);1H. The van der Waals surface area contributed by atoms with E-state index in [9.17, 15) is 4.79 Å². The van der Waals surface area contributed by atoms with E-state index in [0.29, 0.717) is 5.56 Å². The minimum absolute atomic E-state index is 0. The van der Waals surface area contributed by atoms with Crippen molar-refractivity contribution < 1.29 is 9.90 Å². The Morgan fingerprint density at radius 2 is 1.86 bits per heavy atom. The lowest BCUT2D eigenvalue weighted by Gasteiger charge is -1.99. The van der Waals surface area contributed by atoms with Crippen molar-refractivity contribution in [3.63, 3.8) is 0 Å². The number of carboxylic acid groups (broad SMARTS) is 1. The quantitative estimate of drug-likeness (QED) is 0.860. The van der Waals surface area contributed by atoms with Gasteiger partial charge in [-0.15, -0.1) is 12.4 Å². The molecule has 0 aromatic heterocycles. The Balaban J connectivity index is 0.00000169. The summed E-state index contributed by atoms with van der Waals surface area (Å²) < 4.78 is 0. The van der Waals surface area contributed by atoms with Gasteiger partial charge in [0.25, 0.3) is 0 Å². The number of aromatic carboxylic acids is 1. The number of rotatable bonds is 4. The van der Waals surface area contributed by atoms with Crippen LogP contribution in [-0.2, 0) is 6.42 Å². The van der Waals surface area contributed by atoms with Crippen molar-refractivity contribution in [2.45, 2.75) is 12.8 Å². The normalized spacial score (nSPS) is 9.21. The van der Waals surface area contributed by atoms with Gasteiger partial charge in [0, 0.05) is 5.33 Å². The summed E-state index contributed by atoms with van der Waals surface area (Å²) in [6.07, 6.45) is 2.07. The summed E-state index contributed by atoms with van der Waals surface area (Å²) in [5.74, 6) is -0.868. The molecule has 0 amide bonds. The molecule has 4 heteroatoms. The Kier molecular flexibility index (Phi) is 6.58. The molecular weight excluding hydrogens is 267 g/mol. The van der Waals surface area contributed by atoms with E-state index in [4.69, 9.17) is 5.11 Å². The van der Waals surface area contributed by atoms with Gasteiger partial charge in [-0.3, -0.25) is 0 Å². The van der Waals surface area contributed by atoms with Gasteiger partial charge in [-0.2, -0.15) is 0 Å².